The highest BCUT2D eigenvalue weighted by molar-refractivity contribution is 5.83. The molecule has 1 N–H and O–H groups in total. The normalized spacial score (nSPS) is 15.4. The van der Waals surface area contributed by atoms with Crippen LogP contribution in [0.5, 0.6) is 5.75 Å². The van der Waals surface area contributed by atoms with Crippen LogP contribution >= 0.6 is 0 Å². The van der Waals surface area contributed by atoms with E-state index in [9.17, 15) is 9.90 Å². The molecule has 1 aliphatic rings. The molecular weight excluding hydrogens is 312 g/mol. The third-order valence-electron chi connectivity index (χ3n) is 4.18. The van der Waals surface area contributed by atoms with Crippen molar-refractivity contribution in [1.82, 2.24) is 0 Å². The Labute approximate surface area is 149 Å². The number of carbonyl (C=O) groups is 1. The van der Waals surface area contributed by atoms with Crippen LogP contribution in [0, 0.1) is 0 Å². The predicted molar refractivity (Wildman–Crippen MR) is 103 cm³/mol. The largest absolute Gasteiger partial charge is 0.478 e. The van der Waals surface area contributed by atoms with E-state index in [0.717, 1.165) is 22.3 Å². The van der Waals surface area contributed by atoms with Crippen LogP contribution in [0.4, 0.5) is 0 Å². The summed E-state index contributed by atoms with van der Waals surface area (Å²) >= 11 is 0. The molecule has 1 atom stereocenters. The lowest BCUT2D eigenvalue weighted by atomic mass is 9.88. The number of carboxylic acids is 1. The molecule has 1 heterocycles. The van der Waals surface area contributed by atoms with Crippen molar-refractivity contribution in [3.63, 3.8) is 0 Å². The number of hydrogen-bond donors (Lipinski definition) is 1. The molecule has 0 radical (unpaired) electrons. The van der Waals surface area contributed by atoms with Crippen LogP contribution in [0.1, 0.15) is 28.7 Å². The van der Waals surface area contributed by atoms with Gasteiger partial charge in [-0.3, -0.25) is 0 Å². The fourth-order valence-electron chi connectivity index (χ4n) is 3.15. The van der Waals surface area contributed by atoms with Crippen molar-refractivity contribution in [2.24, 2.45) is 0 Å². The Morgan fingerprint density at radius 3 is 2.16 bits per heavy atom. The van der Waals surface area contributed by atoms with Gasteiger partial charge in [-0.1, -0.05) is 30.4 Å². The maximum absolute atomic E-state index is 11.7. The van der Waals surface area contributed by atoms with Crippen LogP contribution in [-0.4, -0.2) is 17.2 Å². The van der Waals surface area contributed by atoms with E-state index in [-0.39, 0.29) is 0 Å². The SMILES string of the molecule is C=CCC1=Cc2c(CC=C)cc(CC=C)c(CC=C)c2OC1C(=O)O. The molecule has 130 valence electrons. The molecule has 25 heavy (non-hydrogen) atoms. The van der Waals surface area contributed by atoms with Crippen LogP contribution < -0.4 is 4.74 Å². The first-order valence-corrected chi connectivity index (χ1v) is 8.28. The predicted octanol–water partition coefficient (Wildman–Crippen LogP) is 4.68. The van der Waals surface area contributed by atoms with Gasteiger partial charge in [0.25, 0.3) is 0 Å². The van der Waals surface area contributed by atoms with Crippen molar-refractivity contribution in [2.45, 2.75) is 31.8 Å². The Morgan fingerprint density at radius 1 is 1.00 bits per heavy atom. The van der Waals surface area contributed by atoms with Crippen molar-refractivity contribution < 1.29 is 14.6 Å². The molecule has 0 saturated carbocycles. The van der Waals surface area contributed by atoms with Crippen molar-refractivity contribution in [3.05, 3.63) is 84.5 Å². The summed E-state index contributed by atoms with van der Waals surface area (Å²) in [7, 11) is 0. The lowest BCUT2D eigenvalue weighted by molar-refractivity contribution is -0.143. The zero-order valence-corrected chi connectivity index (χ0v) is 14.5. The first-order valence-electron chi connectivity index (χ1n) is 8.28. The van der Waals surface area contributed by atoms with Crippen molar-refractivity contribution >= 4 is 12.0 Å². The molecule has 0 spiro atoms. The monoisotopic (exact) mass is 336 g/mol. The Morgan fingerprint density at radius 2 is 1.60 bits per heavy atom. The number of fused-ring (bicyclic) bond motifs is 1. The number of rotatable bonds is 9. The van der Waals surface area contributed by atoms with Gasteiger partial charge in [-0.05, 0) is 48.5 Å². The second-order valence-electron chi connectivity index (χ2n) is 5.94. The van der Waals surface area contributed by atoms with Gasteiger partial charge in [0.1, 0.15) is 5.75 Å². The molecule has 2 rings (SSSR count). The van der Waals surface area contributed by atoms with Crippen molar-refractivity contribution in [1.29, 1.82) is 0 Å². The lowest BCUT2D eigenvalue weighted by Crippen LogP contribution is -2.32. The van der Waals surface area contributed by atoms with Gasteiger partial charge in [-0.15, -0.1) is 26.3 Å². The second kappa shape index (κ2) is 8.34. The summed E-state index contributed by atoms with van der Waals surface area (Å²) in [5.41, 5.74) is 4.74. The van der Waals surface area contributed by atoms with E-state index in [1.807, 2.05) is 18.2 Å². The fraction of sp³-hybridized carbons (Fsp3) is 0.227. The van der Waals surface area contributed by atoms with Gasteiger partial charge >= 0.3 is 5.97 Å². The highest BCUT2D eigenvalue weighted by atomic mass is 16.5. The number of allylic oxidation sites excluding steroid dienone is 4. The topological polar surface area (TPSA) is 46.5 Å². The molecule has 1 aliphatic heterocycles. The second-order valence-corrected chi connectivity index (χ2v) is 5.94. The van der Waals surface area contributed by atoms with Gasteiger partial charge in [0, 0.05) is 11.1 Å². The van der Waals surface area contributed by atoms with E-state index in [2.05, 4.69) is 32.4 Å². The lowest BCUT2D eigenvalue weighted by Gasteiger charge is -2.28. The molecule has 3 heteroatoms. The van der Waals surface area contributed by atoms with Crippen LogP contribution in [0.25, 0.3) is 6.08 Å². The summed E-state index contributed by atoms with van der Waals surface area (Å²) in [5, 5.41) is 9.57. The summed E-state index contributed by atoms with van der Waals surface area (Å²) < 4.78 is 5.98. The van der Waals surface area contributed by atoms with Crippen molar-refractivity contribution in [3.8, 4) is 5.75 Å². The average molecular weight is 336 g/mol. The van der Waals surface area contributed by atoms with Gasteiger partial charge < -0.3 is 9.84 Å². The Hall–Kier alpha value is -2.81. The third kappa shape index (κ3) is 3.82. The van der Waals surface area contributed by atoms with Gasteiger partial charge in [-0.2, -0.15) is 0 Å². The molecule has 0 aromatic heterocycles. The molecule has 0 amide bonds. The molecule has 3 nitrogen and oxygen atoms in total. The minimum atomic E-state index is -0.998. The van der Waals surface area contributed by atoms with E-state index in [1.165, 1.54) is 0 Å². The van der Waals surface area contributed by atoms with E-state index >= 15 is 0 Å². The minimum absolute atomic E-state index is 0.467. The molecule has 0 aliphatic carbocycles. The van der Waals surface area contributed by atoms with E-state index in [1.54, 1.807) is 12.2 Å². The van der Waals surface area contributed by atoms with Crippen molar-refractivity contribution in [2.75, 3.05) is 0 Å². The number of aliphatic carboxylic acids is 1. The first kappa shape index (κ1) is 18.5. The Bertz CT molecular complexity index is 753. The summed E-state index contributed by atoms with van der Waals surface area (Å²) in [6.45, 7) is 15.2. The number of ether oxygens (including phenoxy) is 1. The number of benzene rings is 1. The van der Waals surface area contributed by atoms with E-state index in [4.69, 9.17) is 4.74 Å². The van der Waals surface area contributed by atoms with Crippen LogP contribution in [0.15, 0.2) is 62.3 Å². The Kier molecular flexibility index (Phi) is 6.18. The molecular formula is C22H24O3. The minimum Gasteiger partial charge on any atom is -0.478 e. The highest BCUT2D eigenvalue weighted by Gasteiger charge is 2.31. The summed E-state index contributed by atoms with van der Waals surface area (Å²) in [6.07, 6.45) is 10.5. The average Bonchev–Trinajstić information content (AvgIpc) is 2.58. The van der Waals surface area contributed by atoms with Crippen LogP contribution in [0.2, 0.25) is 0 Å². The number of carboxylic acid groups (broad SMARTS) is 1. The van der Waals surface area contributed by atoms with Gasteiger partial charge in [0.05, 0.1) is 0 Å². The maximum Gasteiger partial charge on any atom is 0.349 e. The zero-order valence-electron chi connectivity index (χ0n) is 14.5. The van der Waals surface area contributed by atoms with Crippen LogP contribution in [-0.2, 0) is 24.1 Å². The first-order chi connectivity index (χ1) is 12.1. The quantitative estimate of drug-likeness (QED) is 0.666. The molecule has 1 aromatic rings. The summed E-state index contributed by atoms with van der Waals surface area (Å²) in [6, 6.07) is 2.13. The highest BCUT2D eigenvalue weighted by Crippen LogP contribution is 2.39. The van der Waals surface area contributed by atoms with Gasteiger partial charge in [0.15, 0.2) is 0 Å². The smallest absolute Gasteiger partial charge is 0.349 e. The molecule has 0 bridgehead atoms. The molecule has 1 aromatic carbocycles. The zero-order chi connectivity index (χ0) is 18.4. The molecule has 0 fully saturated rings. The molecule has 0 saturated heterocycles. The van der Waals surface area contributed by atoms with Gasteiger partial charge in [-0.25, -0.2) is 4.79 Å². The van der Waals surface area contributed by atoms with Gasteiger partial charge in [0.2, 0.25) is 6.10 Å². The standard InChI is InChI=1S/C22H24O3/c1-5-9-15-13-16(10-6-2)19-14-17(11-7-3)20(22(23)24)25-21(19)18(15)12-8-4/h5-8,13-14,20H,1-4,9-12H2,(H,23,24). The molecule has 1 unspecified atom stereocenters. The fourth-order valence-corrected chi connectivity index (χ4v) is 3.15. The van der Waals surface area contributed by atoms with Crippen LogP contribution in [0.3, 0.4) is 0 Å². The third-order valence-corrected chi connectivity index (χ3v) is 4.18. The Balaban J connectivity index is 2.75. The summed E-state index contributed by atoms with van der Waals surface area (Å²) in [5.74, 6) is -0.362. The maximum atomic E-state index is 11.7. The van der Waals surface area contributed by atoms with E-state index < -0.39 is 12.1 Å². The van der Waals surface area contributed by atoms with E-state index in [0.29, 0.717) is 37.0 Å². The number of hydrogen-bond acceptors (Lipinski definition) is 2. The summed E-state index contributed by atoms with van der Waals surface area (Å²) in [4.78, 5) is 11.7.